The molecule has 0 radical (unpaired) electrons. The van der Waals surface area contributed by atoms with Crippen LogP contribution in [0, 0.1) is 0 Å². The zero-order valence-electron chi connectivity index (χ0n) is 14.3. The summed E-state index contributed by atoms with van der Waals surface area (Å²) in [5, 5.41) is 0. The summed E-state index contributed by atoms with van der Waals surface area (Å²) in [4.78, 5) is 36.9. The fraction of sp³-hybridized carbons (Fsp3) is 0.150. The van der Waals surface area contributed by atoms with Crippen LogP contribution in [0.1, 0.15) is 50.6 Å². The summed E-state index contributed by atoms with van der Waals surface area (Å²) in [5.41, 5.74) is 2.02. The van der Waals surface area contributed by atoms with Crippen molar-refractivity contribution in [2.45, 2.75) is 13.8 Å². The molecule has 0 spiro atoms. The van der Waals surface area contributed by atoms with Gasteiger partial charge in [-0.2, -0.15) is 0 Å². The van der Waals surface area contributed by atoms with Crippen molar-refractivity contribution < 1.29 is 19.1 Å². The third-order valence-electron chi connectivity index (χ3n) is 4.01. The number of ketones is 2. The van der Waals surface area contributed by atoms with E-state index >= 15 is 0 Å². The molecular weight excluding hydrogens is 398 g/mol. The number of halogens is 1. The summed E-state index contributed by atoms with van der Waals surface area (Å²) in [6.07, 6.45) is 1.63. The molecule has 0 saturated heterocycles. The number of hydrogen-bond acceptors (Lipinski definition) is 4. The zero-order chi connectivity index (χ0) is 18.8. The summed E-state index contributed by atoms with van der Waals surface area (Å²) >= 11 is 3.34. The molecule has 0 unspecified atom stereocenters. The number of hydrogen-bond donors (Lipinski definition) is 0. The molecule has 2 aromatic heterocycles. The Labute approximate surface area is 158 Å². The van der Waals surface area contributed by atoms with Crippen LogP contribution in [-0.4, -0.2) is 28.5 Å². The molecule has 132 valence electrons. The predicted molar refractivity (Wildman–Crippen MR) is 101 cm³/mol. The van der Waals surface area contributed by atoms with Gasteiger partial charge in [-0.25, -0.2) is 4.79 Å². The smallest absolute Gasteiger partial charge is 0.340 e. The fourth-order valence-electron chi connectivity index (χ4n) is 2.71. The molecule has 2 heterocycles. The molecule has 6 heteroatoms. The first-order valence-corrected chi connectivity index (χ1v) is 8.85. The van der Waals surface area contributed by atoms with E-state index in [1.165, 1.54) is 13.0 Å². The Hall–Kier alpha value is -2.73. The van der Waals surface area contributed by atoms with Crippen molar-refractivity contribution >= 4 is 39.0 Å². The molecule has 0 aliphatic heterocycles. The maximum Gasteiger partial charge on any atom is 0.340 e. The van der Waals surface area contributed by atoms with Crippen LogP contribution in [0.3, 0.4) is 0 Å². The summed E-state index contributed by atoms with van der Waals surface area (Å²) in [6, 6.07) is 11.7. The lowest BCUT2D eigenvalue weighted by atomic mass is 10.1. The van der Waals surface area contributed by atoms with Crippen LogP contribution in [0.4, 0.5) is 0 Å². The third kappa shape index (κ3) is 3.32. The van der Waals surface area contributed by atoms with Crippen molar-refractivity contribution in [3.8, 4) is 0 Å². The number of esters is 1. The van der Waals surface area contributed by atoms with Crippen LogP contribution in [0.25, 0.3) is 5.52 Å². The minimum Gasteiger partial charge on any atom is -0.462 e. The summed E-state index contributed by atoms with van der Waals surface area (Å²) in [5.74, 6) is -0.872. The molecule has 5 nitrogen and oxygen atoms in total. The number of ether oxygens (including phenoxy) is 1. The number of nitrogens with zero attached hydrogens (tertiary/aromatic N) is 1. The van der Waals surface area contributed by atoms with Gasteiger partial charge in [0.25, 0.3) is 0 Å². The number of carbonyl (C=O) groups excluding carboxylic acids is 3. The Morgan fingerprint density at radius 2 is 1.73 bits per heavy atom. The second-order valence-corrected chi connectivity index (χ2v) is 6.64. The van der Waals surface area contributed by atoms with E-state index in [-0.39, 0.29) is 23.7 Å². The maximum absolute atomic E-state index is 12.9. The lowest BCUT2D eigenvalue weighted by Crippen LogP contribution is -2.05. The van der Waals surface area contributed by atoms with Crippen LogP contribution in [0.2, 0.25) is 0 Å². The van der Waals surface area contributed by atoms with Crippen molar-refractivity contribution in [1.82, 2.24) is 4.40 Å². The Kier molecular flexibility index (Phi) is 5.04. The van der Waals surface area contributed by atoms with Crippen molar-refractivity contribution in [2.75, 3.05) is 6.61 Å². The number of carbonyl (C=O) groups is 3. The van der Waals surface area contributed by atoms with Crippen LogP contribution in [0.5, 0.6) is 0 Å². The van der Waals surface area contributed by atoms with Gasteiger partial charge in [0.2, 0.25) is 5.78 Å². The average molecular weight is 414 g/mol. The molecule has 0 aliphatic rings. The molecule has 3 aromatic rings. The Balaban J connectivity index is 2.19. The van der Waals surface area contributed by atoms with Gasteiger partial charge in [0.05, 0.1) is 23.4 Å². The molecule has 0 saturated carbocycles. The average Bonchev–Trinajstić information content (AvgIpc) is 3.00. The quantitative estimate of drug-likeness (QED) is 0.461. The molecule has 0 bridgehead atoms. The molecule has 0 aliphatic carbocycles. The monoisotopic (exact) mass is 413 g/mol. The Morgan fingerprint density at radius 3 is 2.35 bits per heavy atom. The summed E-state index contributed by atoms with van der Waals surface area (Å²) < 4.78 is 7.58. The lowest BCUT2D eigenvalue weighted by molar-refractivity contribution is 0.0528. The molecule has 26 heavy (non-hydrogen) atoms. The molecule has 3 rings (SSSR count). The highest BCUT2D eigenvalue weighted by Crippen LogP contribution is 2.23. The second kappa shape index (κ2) is 7.25. The Morgan fingerprint density at radius 1 is 1.04 bits per heavy atom. The van der Waals surface area contributed by atoms with Crippen molar-refractivity contribution in [3.63, 3.8) is 0 Å². The lowest BCUT2D eigenvalue weighted by Gasteiger charge is -2.05. The molecule has 1 aromatic carbocycles. The largest absolute Gasteiger partial charge is 0.462 e. The highest BCUT2D eigenvalue weighted by atomic mass is 79.9. The third-order valence-corrected chi connectivity index (χ3v) is 4.54. The zero-order valence-corrected chi connectivity index (χ0v) is 15.9. The van der Waals surface area contributed by atoms with E-state index in [9.17, 15) is 14.4 Å². The SMILES string of the molecule is CCOC(=O)c1cc(C(=O)c2ccc(Br)cc2)n2ccc(C(C)=O)cc12. The van der Waals surface area contributed by atoms with Gasteiger partial charge >= 0.3 is 5.97 Å². The van der Waals surface area contributed by atoms with E-state index in [1.807, 2.05) is 0 Å². The Bertz CT molecular complexity index is 1020. The van der Waals surface area contributed by atoms with E-state index in [0.29, 0.717) is 22.3 Å². The minimum atomic E-state index is -0.527. The maximum atomic E-state index is 12.9. The standard InChI is InChI=1S/C20H16BrNO4/c1-3-26-20(25)16-11-18(19(24)13-4-6-15(21)7-5-13)22-9-8-14(12(2)23)10-17(16)22/h4-11H,3H2,1-2H3. The van der Waals surface area contributed by atoms with E-state index in [2.05, 4.69) is 15.9 Å². The van der Waals surface area contributed by atoms with Gasteiger partial charge in [-0.1, -0.05) is 15.9 Å². The number of aromatic nitrogens is 1. The van der Waals surface area contributed by atoms with Crippen LogP contribution >= 0.6 is 15.9 Å². The van der Waals surface area contributed by atoms with Gasteiger partial charge in [0, 0.05) is 21.8 Å². The van der Waals surface area contributed by atoms with E-state index < -0.39 is 5.97 Å². The minimum absolute atomic E-state index is 0.121. The molecule has 0 amide bonds. The number of benzene rings is 1. The van der Waals surface area contributed by atoms with Crippen molar-refractivity contribution in [1.29, 1.82) is 0 Å². The van der Waals surface area contributed by atoms with Crippen molar-refractivity contribution in [2.24, 2.45) is 0 Å². The first-order valence-electron chi connectivity index (χ1n) is 8.05. The summed E-state index contributed by atoms with van der Waals surface area (Å²) in [7, 11) is 0. The van der Waals surface area contributed by atoms with Crippen LogP contribution in [-0.2, 0) is 4.74 Å². The molecule has 0 fully saturated rings. The van der Waals surface area contributed by atoms with Gasteiger partial charge in [-0.05, 0) is 56.3 Å². The normalized spacial score (nSPS) is 10.7. The first kappa shape index (κ1) is 18.1. The number of Topliss-reactive ketones (excluding diaryl/α,β-unsaturated/α-hetero) is 1. The van der Waals surface area contributed by atoms with E-state index in [1.54, 1.807) is 53.9 Å². The first-order chi connectivity index (χ1) is 12.4. The van der Waals surface area contributed by atoms with Gasteiger partial charge in [0.1, 0.15) is 0 Å². The number of fused-ring (bicyclic) bond motifs is 1. The van der Waals surface area contributed by atoms with E-state index in [4.69, 9.17) is 4.74 Å². The van der Waals surface area contributed by atoms with Crippen LogP contribution < -0.4 is 0 Å². The highest BCUT2D eigenvalue weighted by molar-refractivity contribution is 9.10. The predicted octanol–water partition coefficient (Wildman–Crippen LogP) is 4.31. The van der Waals surface area contributed by atoms with Gasteiger partial charge < -0.3 is 9.14 Å². The van der Waals surface area contributed by atoms with Gasteiger partial charge in [0.15, 0.2) is 5.78 Å². The fourth-order valence-corrected chi connectivity index (χ4v) is 2.98. The van der Waals surface area contributed by atoms with Gasteiger partial charge in [-0.15, -0.1) is 0 Å². The van der Waals surface area contributed by atoms with Gasteiger partial charge in [-0.3, -0.25) is 9.59 Å². The molecular formula is C20H16BrNO4. The second-order valence-electron chi connectivity index (χ2n) is 5.73. The van der Waals surface area contributed by atoms with Crippen molar-refractivity contribution in [3.05, 3.63) is 75.5 Å². The van der Waals surface area contributed by atoms with E-state index in [0.717, 1.165) is 4.47 Å². The summed E-state index contributed by atoms with van der Waals surface area (Å²) in [6.45, 7) is 3.39. The number of pyridine rings is 1. The molecule has 0 atom stereocenters. The molecule has 0 N–H and O–H groups in total. The number of rotatable bonds is 5. The topological polar surface area (TPSA) is 64.8 Å². The van der Waals surface area contributed by atoms with Crippen LogP contribution in [0.15, 0.2) is 53.1 Å². The highest BCUT2D eigenvalue weighted by Gasteiger charge is 2.22.